The lowest BCUT2D eigenvalue weighted by Gasteiger charge is -2.14. The molecule has 0 unspecified atom stereocenters. The highest BCUT2D eigenvalue weighted by molar-refractivity contribution is 5.88. The third-order valence-electron chi connectivity index (χ3n) is 2.22. The van der Waals surface area contributed by atoms with Crippen molar-refractivity contribution in [1.29, 1.82) is 0 Å². The maximum Gasteiger partial charge on any atom is 0.241 e. The second-order valence-electron chi connectivity index (χ2n) is 3.19. The summed E-state index contributed by atoms with van der Waals surface area (Å²) in [6.07, 6.45) is 2.10. The van der Waals surface area contributed by atoms with Gasteiger partial charge in [-0.1, -0.05) is 0 Å². The van der Waals surface area contributed by atoms with Crippen LogP contribution in [0.15, 0.2) is 4.99 Å². The number of carbonyl (C=O) groups excluding carboxylic acids is 1. The zero-order valence-corrected chi connectivity index (χ0v) is 8.34. The molecular formula is C9H17N3O. The maximum absolute atomic E-state index is 11.3. The third kappa shape index (κ3) is 3.05. The number of amides is 1. The number of nitrogens with one attached hydrogen (secondary N) is 1. The monoisotopic (exact) mass is 183 g/mol. The number of rotatable bonds is 3. The molecule has 0 radical (unpaired) electrons. The average Bonchev–Trinajstić information content (AvgIpc) is 2.65. The number of nitrogens with zero attached hydrogens (tertiary/aromatic N) is 2. The summed E-state index contributed by atoms with van der Waals surface area (Å²) in [7, 11) is 1.81. The topological polar surface area (TPSA) is 44.7 Å². The Morgan fingerprint density at radius 1 is 1.69 bits per heavy atom. The summed E-state index contributed by atoms with van der Waals surface area (Å²) < 4.78 is 0. The van der Waals surface area contributed by atoms with Gasteiger partial charge in [0, 0.05) is 26.6 Å². The Morgan fingerprint density at radius 3 is 3.00 bits per heavy atom. The molecule has 13 heavy (non-hydrogen) atoms. The molecule has 0 fully saturated rings. The van der Waals surface area contributed by atoms with Gasteiger partial charge in [0.2, 0.25) is 5.91 Å². The summed E-state index contributed by atoms with van der Waals surface area (Å²) >= 11 is 0. The quantitative estimate of drug-likeness (QED) is 0.681. The maximum atomic E-state index is 11.3. The summed E-state index contributed by atoms with van der Waals surface area (Å²) in [4.78, 5) is 17.3. The fraction of sp³-hybridized carbons (Fsp3) is 0.778. The Kier molecular flexibility index (Phi) is 3.73. The van der Waals surface area contributed by atoms with Crippen LogP contribution in [0.2, 0.25) is 0 Å². The van der Waals surface area contributed by atoms with Crippen molar-refractivity contribution in [3.63, 3.8) is 0 Å². The molecule has 1 aliphatic rings. The van der Waals surface area contributed by atoms with Crippen molar-refractivity contribution < 1.29 is 4.79 Å². The Balaban J connectivity index is 2.21. The molecule has 0 saturated heterocycles. The first-order valence-corrected chi connectivity index (χ1v) is 4.75. The van der Waals surface area contributed by atoms with Crippen LogP contribution in [0.25, 0.3) is 0 Å². The molecule has 0 aromatic carbocycles. The highest BCUT2D eigenvalue weighted by atomic mass is 16.2. The van der Waals surface area contributed by atoms with Crippen LogP contribution in [-0.4, -0.2) is 43.3 Å². The van der Waals surface area contributed by atoms with Crippen LogP contribution in [0.5, 0.6) is 0 Å². The molecule has 1 amide bonds. The van der Waals surface area contributed by atoms with Crippen molar-refractivity contribution in [1.82, 2.24) is 10.2 Å². The van der Waals surface area contributed by atoms with Gasteiger partial charge in [-0.15, -0.1) is 0 Å². The molecule has 0 bridgehead atoms. The number of amidine groups is 1. The zero-order valence-electron chi connectivity index (χ0n) is 8.34. The zero-order chi connectivity index (χ0) is 9.68. The van der Waals surface area contributed by atoms with Crippen molar-refractivity contribution >= 4 is 11.7 Å². The molecule has 1 N–H and O–H groups in total. The first-order valence-electron chi connectivity index (χ1n) is 4.75. The van der Waals surface area contributed by atoms with Gasteiger partial charge >= 0.3 is 0 Å². The van der Waals surface area contributed by atoms with E-state index in [1.165, 1.54) is 0 Å². The van der Waals surface area contributed by atoms with Crippen LogP contribution in [0, 0.1) is 0 Å². The van der Waals surface area contributed by atoms with E-state index in [9.17, 15) is 4.79 Å². The average molecular weight is 183 g/mol. The van der Waals surface area contributed by atoms with Crippen LogP contribution in [0.4, 0.5) is 0 Å². The van der Waals surface area contributed by atoms with E-state index in [0.29, 0.717) is 6.54 Å². The van der Waals surface area contributed by atoms with Crippen molar-refractivity contribution in [2.45, 2.75) is 19.8 Å². The molecule has 0 spiro atoms. The van der Waals surface area contributed by atoms with Gasteiger partial charge in [0.15, 0.2) is 0 Å². The van der Waals surface area contributed by atoms with Gasteiger partial charge < -0.3 is 10.2 Å². The van der Waals surface area contributed by atoms with E-state index in [1.54, 1.807) is 11.9 Å². The van der Waals surface area contributed by atoms with Crippen LogP contribution in [0.1, 0.15) is 19.8 Å². The summed E-state index contributed by atoms with van der Waals surface area (Å²) in [5, 5.41) is 3.06. The van der Waals surface area contributed by atoms with Gasteiger partial charge in [-0.25, -0.2) is 0 Å². The standard InChI is InChI=1S/C9H17N3O/c1-3-12(2)9(13)7-11-8-5-4-6-10-8/h3-7H2,1-2H3,(H,10,11). The number of aliphatic imine (C=N–C) groups is 1. The normalized spacial score (nSPS) is 15.4. The smallest absolute Gasteiger partial charge is 0.241 e. The third-order valence-corrected chi connectivity index (χ3v) is 2.22. The van der Waals surface area contributed by atoms with Crippen LogP contribution < -0.4 is 5.32 Å². The number of likely N-dealkylation sites (N-methyl/N-ethyl adjacent to an activating group) is 1. The van der Waals surface area contributed by atoms with E-state index in [-0.39, 0.29) is 5.91 Å². The number of carbonyl (C=O) groups is 1. The summed E-state index contributed by atoms with van der Waals surface area (Å²) in [5.74, 6) is 1.11. The van der Waals surface area contributed by atoms with Crippen molar-refractivity contribution in [3.8, 4) is 0 Å². The predicted molar refractivity (Wildman–Crippen MR) is 52.8 cm³/mol. The lowest BCUT2D eigenvalue weighted by molar-refractivity contribution is -0.128. The first kappa shape index (κ1) is 10.0. The van der Waals surface area contributed by atoms with Gasteiger partial charge in [-0.2, -0.15) is 0 Å². The van der Waals surface area contributed by atoms with Crippen molar-refractivity contribution in [2.24, 2.45) is 4.99 Å². The van der Waals surface area contributed by atoms with Gasteiger partial charge in [0.1, 0.15) is 0 Å². The van der Waals surface area contributed by atoms with Gasteiger partial charge in [-0.05, 0) is 13.3 Å². The number of hydrogen-bond acceptors (Lipinski definition) is 3. The van der Waals surface area contributed by atoms with Crippen molar-refractivity contribution in [2.75, 3.05) is 26.7 Å². The minimum atomic E-state index is 0.122. The Hall–Kier alpha value is -1.06. The molecule has 0 atom stereocenters. The molecule has 74 valence electrons. The Labute approximate surface area is 79.0 Å². The van der Waals surface area contributed by atoms with Crippen LogP contribution in [0.3, 0.4) is 0 Å². The van der Waals surface area contributed by atoms with Crippen LogP contribution in [-0.2, 0) is 4.79 Å². The Morgan fingerprint density at radius 2 is 2.46 bits per heavy atom. The Bertz CT molecular complexity index is 213. The highest BCUT2D eigenvalue weighted by Gasteiger charge is 2.09. The van der Waals surface area contributed by atoms with Crippen LogP contribution >= 0.6 is 0 Å². The molecule has 0 saturated carbocycles. The van der Waals surface area contributed by atoms with Crippen molar-refractivity contribution in [3.05, 3.63) is 0 Å². The SMILES string of the molecule is CCN(C)C(=O)CNC1=NCCC1. The van der Waals surface area contributed by atoms with Gasteiger partial charge in [-0.3, -0.25) is 9.79 Å². The largest absolute Gasteiger partial charge is 0.365 e. The number of hydrogen-bond donors (Lipinski definition) is 1. The second-order valence-corrected chi connectivity index (χ2v) is 3.19. The van der Waals surface area contributed by atoms with E-state index >= 15 is 0 Å². The first-order chi connectivity index (χ1) is 6.24. The molecule has 0 aliphatic carbocycles. The molecule has 1 heterocycles. The summed E-state index contributed by atoms with van der Waals surface area (Å²) in [5.41, 5.74) is 0. The fourth-order valence-electron chi connectivity index (χ4n) is 1.17. The molecule has 0 aromatic heterocycles. The molecular weight excluding hydrogens is 166 g/mol. The van der Waals surface area contributed by atoms with E-state index in [2.05, 4.69) is 10.3 Å². The molecule has 1 aliphatic heterocycles. The highest BCUT2D eigenvalue weighted by Crippen LogP contribution is 2.00. The lowest BCUT2D eigenvalue weighted by atomic mass is 10.3. The minimum Gasteiger partial charge on any atom is -0.365 e. The molecule has 4 nitrogen and oxygen atoms in total. The summed E-state index contributed by atoms with van der Waals surface area (Å²) in [6.45, 7) is 4.00. The second kappa shape index (κ2) is 4.84. The van der Waals surface area contributed by atoms with E-state index in [0.717, 1.165) is 31.8 Å². The molecule has 1 rings (SSSR count). The van der Waals surface area contributed by atoms with Gasteiger partial charge in [0.25, 0.3) is 0 Å². The molecule has 4 heteroatoms. The lowest BCUT2D eigenvalue weighted by Crippen LogP contribution is -2.37. The molecule has 0 aromatic rings. The fourth-order valence-corrected chi connectivity index (χ4v) is 1.17. The summed E-state index contributed by atoms with van der Waals surface area (Å²) in [6, 6.07) is 0. The predicted octanol–water partition coefficient (Wildman–Crippen LogP) is 0.247. The van der Waals surface area contributed by atoms with E-state index in [4.69, 9.17) is 0 Å². The van der Waals surface area contributed by atoms with Gasteiger partial charge in [0.05, 0.1) is 12.4 Å². The van der Waals surface area contributed by atoms with E-state index < -0.39 is 0 Å². The minimum absolute atomic E-state index is 0.122. The van der Waals surface area contributed by atoms with E-state index in [1.807, 2.05) is 6.92 Å².